The number of aromatic nitrogens is 1. The molecule has 3 aromatic carbocycles. The third kappa shape index (κ3) is 4.68. The summed E-state index contributed by atoms with van der Waals surface area (Å²) in [5.74, 6) is -0.161. The zero-order valence-corrected chi connectivity index (χ0v) is 21.6. The molecule has 0 aliphatic carbocycles. The molecule has 0 spiro atoms. The second-order valence-electron chi connectivity index (χ2n) is 8.37. The smallest absolute Gasteiger partial charge is 0.264 e. The fourth-order valence-corrected chi connectivity index (χ4v) is 5.26. The van der Waals surface area contributed by atoms with Gasteiger partial charge in [-0.3, -0.25) is 4.79 Å². The molecule has 4 aromatic rings. The van der Waals surface area contributed by atoms with Crippen LogP contribution in [0.3, 0.4) is 0 Å². The Balaban J connectivity index is 1.48. The van der Waals surface area contributed by atoms with Crippen LogP contribution in [-0.2, 0) is 11.3 Å². The fraction of sp³-hybridized carbons (Fsp3) is 0.107. The van der Waals surface area contributed by atoms with Crippen molar-refractivity contribution in [2.45, 2.75) is 20.4 Å². The summed E-state index contributed by atoms with van der Waals surface area (Å²) in [5.41, 5.74) is 6.61. The van der Waals surface area contributed by atoms with Gasteiger partial charge in [-0.05, 0) is 72.6 Å². The molecule has 1 N–H and O–H groups in total. The maximum Gasteiger partial charge on any atom is 0.264 e. The molecule has 0 atom stereocenters. The van der Waals surface area contributed by atoms with E-state index in [2.05, 4.69) is 42.9 Å². The molecular weight excluding hydrogens is 520 g/mol. The van der Waals surface area contributed by atoms with E-state index in [-0.39, 0.29) is 5.91 Å². The number of carbonyl (C=O) groups excluding carboxylic acids is 1. The third-order valence-electron chi connectivity index (χ3n) is 5.89. The van der Waals surface area contributed by atoms with Crippen LogP contribution in [0.15, 0.2) is 81.2 Å². The van der Waals surface area contributed by atoms with E-state index in [1.54, 1.807) is 0 Å². The SMILES string of the molecule is Cc1cc(N=C2NC(=O)/C(=C/c3cn(Cc4ccccc4C#N)c4ccccc34)S2)cc(C)c1Br. The molecule has 5 nitrogen and oxygen atoms in total. The van der Waals surface area contributed by atoms with Crippen molar-refractivity contribution in [3.05, 3.63) is 104 Å². The number of aryl methyl sites for hydroxylation is 2. The number of fused-ring (bicyclic) bond motifs is 1. The van der Waals surface area contributed by atoms with Gasteiger partial charge in [0, 0.05) is 33.7 Å². The summed E-state index contributed by atoms with van der Waals surface area (Å²) in [7, 11) is 0. The molecule has 1 saturated heterocycles. The first kappa shape index (κ1) is 23.2. The number of nitrogens with one attached hydrogen (secondary N) is 1. The van der Waals surface area contributed by atoms with Gasteiger partial charge in [0.2, 0.25) is 0 Å². The molecule has 0 saturated carbocycles. The van der Waals surface area contributed by atoms with E-state index in [0.717, 1.165) is 43.3 Å². The van der Waals surface area contributed by atoms with Crippen molar-refractivity contribution < 1.29 is 4.79 Å². The van der Waals surface area contributed by atoms with Crippen LogP contribution >= 0.6 is 27.7 Å². The number of amides is 1. The van der Waals surface area contributed by atoms with Crippen LogP contribution in [0.4, 0.5) is 5.69 Å². The number of thioether (sulfide) groups is 1. The molecule has 0 radical (unpaired) electrons. The number of carbonyl (C=O) groups is 1. The Bertz CT molecular complexity index is 1570. The summed E-state index contributed by atoms with van der Waals surface area (Å²) >= 11 is 4.92. The van der Waals surface area contributed by atoms with Gasteiger partial charge in [0.1, 0.15) is 0 Å². The van der Waals surface area contributed by atoms with E-state index < -0.39 is 0 Å². The number of nitrogens with zero attached hydrogens (tertiary/aromatic N) is 3. The van der Waals surface area contributed by atoms with Crippen molar-refractivity contribution >= 4 is 61.4 Å². The highest BCUT2D eigenvalue weighted by molar-refractivity contribution is 9.10. The van der Waals surface area contributed by atoms with E-state index in [1.165, 1.54) is 11.8 Å². The number of rotatable bonds is 4. The number of hydrogen-bond acceptors (Lipinski definition) is 4. The van der Waals surface area contributed by atoms with Crippen LogP contribution in [0.1, 0.15) is 27.8 Å². The van der Waals surface area contributed by atoms with Crippen molar-refractivity contribution in [2.75, 3.05) is 0 Å². The van der Waals surface area contributed by atoms with Crippen LogP contribution < -0.4 is 5.32 Å². The second kappa shape index (κ2) is 9.57. The number of para-hydroxylation sites is 1. The molecule has 1 aliphatic rings. The lowest BCUT2D eigenvalue weighted by molar-refractivity contribution is -0.115. The molecule has 0 unspecified atom stereocenters. The van der Waals surface area contributed by atoms with Gasteiger partial charge < -0.3 is 9.88 Å². The molecule has 172 valence electrons. The van der Waals surface area contributed by atoms with Crippen LogP contribution in [0.2, 0.25) is 0 Å². The van der Waals surface area contributed by atoms with E-state index >= 15 is 0 Å². The summed E-state index contributed by atoms with van der Waals surface area (Å²) in [6.07, 6.45) is 3.95. The Kier molecular flexibility index (Phi) is 6.33. The van der Waals surface area contributed by atoms with Crippen molar-refractivity contribution in [1.82, 2.24) is 9.88 Å². The van der Waals surface area contributed by atoms with Crippen LogP contribution in [-0.4, -0.2) is 15.6 Å². The Morgan fingerprint density at radius 2 is 1.83 bits per heavy atom. The molecule has 1 amide bonds. The van der Waals surface area contributed by atoms with E-state index in [0.29, 0.717) is 22.2 Å². The zero-order chi connectivity index (χ0) is 24.5. The summed E-state index contributed by atoms with van der Waals surface area (Å²) in [6.45, 7) is 4.62. The summed E-state index contributed by atoms with van der Waals surface area (Å²) in [6, 6.07) is 22.0. The Morgan fingerprint density at radius 3 is 2.60 bits per heavy atom. The minimum atomic E-state index is -0.161. The zero-order valence-electron chi connectivity index (χ0n) is 19.2. The third-order valence-corrected chi connectivity index (χ3v) is 8.05. The topological polar surface area (TPSA) is 70.2 Å². The second-order valence-corrected chi connectivity index (χ2v) is 10.2. The number of nitriles is 1. The van der Waals surface area contributed by atoms with Gasteiger partial charge in [0.15, 0.2) is 5.17 Å². The van der Waals surface area contributed by atoms with Gasteiger partial charge in [-0.2, -0.15) is 5.26 Å². The van der Waals surface area contributed by atoms with Gasteiger partial charge in [-0.25, -0.2) is 4.99 Å². The van der Waals surface area contributed by atoms with Crippen molar-refractivity contribution in [1.29, 1.82) is 5.26 Å². The fourth-order valence-electron chi connectivity index (χ4n) is 4.20. The molecular formula is C28H21BrN4OS. The Labute approximate surface area is 216 Å². The van der Waals surface area contributed by atoms with Crippen molar-refractivity contribution in [3.63, 3.8) is 0 Å². The van der Waals surface area contributed by atoms with Gasteiger partial charge in [-0.15, -0.1) is 0 Å². The summed E-state index contributed by atoms with van der Waals surface area (Å²) < 4.78 is 3.19. The average molecular weight is 541 g/mol. The quantitative estimate of drug-likeness (QED) is 0.288. The monoisotopic (exact) mass is 540 g/mol. The lowest BCUT2D eigenvalue weighted by Crippen LogP contribution is -2.19. The summed E-state index contributed by atoms with van der Waals surface area (Å²) in [4.78, 5) is 18.0. The molecule has 2 heterocycles. The minimum Gasteiger partial charge on any atom is -0.342 e. The lowest BCUT2D eigenvalue weighted by Gasteiger charge is -2.07. The molecule has 5 rings (SSSR count). The van der Waals surface area contributed by atoms with E-state index in [4.69, 9.17) is 0 Å². The number of hydrogen-bond donors (Lipinski definition) is 1. The first-order chi connectivity index (χ1) is 16.9. The van der Waals surface area contributed by atoms with Crippen LogP contribution in [0.25, 0.3) is 17.0 Å². The largest absolute Gasteiger partial charge is 0.342 e. The Hall–Kier alpha value is -3.60. The van der Waals surface area contributed by atoms with Crippen LogP contribution in [0, 0.1) is 25.2 Å². The molecule has 1 aliphatic heterocycles. The first-order valence-corrected chi connectivity index (χ1v) is 12.7. The molecule has 35 heavy (non-hydrogen) atoms. The van der Waals surface area contributed by atoms with Gasteiger partial charge in [0.05, 0.1) is 22.2 Å². The van der Waals surface area contributed by atoms with Crippen molar-refractivity contribution in [3.8, 4) is 6.07 Å². The van der Waals surface area contributed by atoms with Gasteiger partial charge in [0.25, 0.3) is 5.91 Å². The van der Waals surface area contributed by atoms with E-state index in [1.807, 2.05) is 80.7 Å². The number of amidine groups is 1. The maximum atomic E-state index is 12.8. The first-order valence-electron chi connectivity index (χ1n) is 11.0. The average Bonchev–Trinajstić information content (AvgIpc) is 3.37. The van der Waals surface area contributed by atoms with Crippen molar-refractivity contribution in [2.24, 2.45) is 4.99 Å². The summed E-state index contributed by atoms with van der Waals surface area (Å²) in [5, 5.41) is 14.0. The number of benzene rings is 3. The standard InChI is InChI=1S/C28H21BrN4OS/c1-17-11-22(12-18(2)26(17)29)31-28-32-27(34)25(35-28)13-21-16-33(24-10-6-5-9-23(21)24)15-20-8-4-3-7-19(20)14-30/h3-13,16H,15H2,1-2H3,(H,31,32,34)/b25-13-. The Morgan fingerprint density at radius 1 is 1.11 bits per heavy atom. The highest BCUT2D eigenvalue weighted by Gasteiger charge is 2.24. The molecule has 1 fully saturated rings. The normalized spacial score (nSPS) is 15.7. The molecule has 1 aromatic heterocycles. The highest BCUT2D eigenvalue weighted by Crippen LogP contribution is 2.33. The number of halogens is 1. The van der Waals surface area contributed by atoms with Gasteiger partial charge >= 0.3 is 0 Å². The number of aliphatic imine (C=N–C) groups is 1. The maximum absolute atomic E-state index is 12.8. The lowest BCUT2D eigenvalue weighted by atomic mass is 10.1. The van der Waals surface area contributed by atoms with Crippen LogP contribution in [0.5, 0.6) is 0 Å². The molecule has 0 bridgehead atoms. The predicted molar refractivity (Wildman–Crippen MR) is 147 cm³/mol. The highest BCUT2D eigenvalue weighted by atomic mass is 79.9. The minimum absolute atomic E-state index is 0.161. The van der Waals surface area contributed by atoms with Gasteiger partial charge in [-0.1, -0.05) is 52.3 Å². The van der Waals surface area contributed by atoms with E-state index in [9.17, 15) is 10.1 Å². The molecule has 7 heteroatoms. The predicted octanol–water partition coefficient (Wildman–Crippen LogP) is 6.83.